The van der Waals surface area contributed by atoms with Crippen molar-refractivity contribution < 1.29 is 0 Å². The second kappa shape index (κ2) is 3.71. The van der Waals surface area contributed by atoms with Crippen molar-refractivity contribution in [3.05, 3.63) is 34.9 Å². The molecule has 1 aromatic rings. The number of hydrogen-bond acceptors (Lipinski definition) is 0. The van der Waals surface area contributed by atoms with Crippen molar-refractivity contribution in [3.8, 4) is 0 Å². The Morgan fingerprint density at radius 3 is 2.62 bits per heavy atom. The highest BCUT2D eigenvalue weighted by atomic mass is 35.5. The van der Waals surface area contributed by atoms with E-state index >= 15 is 0 Å². The van der Waals surface area contributed by atoms with E-state index in [0.717, 1.165) is 10.9 Å². The molecule has 0 aliphatic heterocycles. The quantitative estimate of drug-likeness (QED) is 0.627. The number of rotatable bonds is 1. The number of hydrogen-bond donors (Lipinski definition) is 0. The summed E-state index contributed by atoms with van der Waals surface area (Å²) in [6.45, 7) is 2.33. The number of benzene rings is 1. The fourth-order valence-corrected chi connectivity index (χ4v) is 2.59. The zero-order chi connectivity index (χ0) is 9.26. The van der Waals surface area contributed by atoms with Crippen LogP contribution in [0.15, 0.2) is 24.3 Å². The van der Waals surface area contributed by atoms with Gasteiger partial charge in [0.25, 0.3) is 0 Å². The third-order valence-corrected chi connectivity index (χ3v) is 3.38. The van der Waals surface area contributed by atoms with Gasteiger partial charge in [0.05, 0.1) is 0 Å². The van der Waals surface area contributed by atoms with Crippen molar-refractivity contribution in [3.63, 3.8) is 0 Å². The molecule has 13 heavy (non-hydrogen) atoms. The lowest BCUT2D eigenvalue weighted by molar-refractivity contribution is 0.596. The van der Waals surface area contributed by atoms with Gasteiger partial charge in [-0.15, -0.1) is 0 Å². The van der Waals surface area contributed by atoms with Gasteiger partial charge in [0.15, 0.2) is 0 Å². The van der Waals surface area contributed by atoms with Gasteiger partial charge in [-0.1, -0.05) is 43.1 Å². The molecule has 0 spiro atoms. The molecule has 0 bridgehead atoms. The van der Waals surface area contributed by atoms with Gasteiger partial charge in [0.2, 0.25) is 0 Å². The van der Waals surface area contributed by atoms with E-state index in [9.17, 15) is 0 Å². The van der Waals surface area contributed by atoms with Gasteiger partial charge in [-0.05, 0) is 36.3 Å². The molecule has 70 valence electrons. The van der Waals surface area contributed by atoms with Crippen LogP contribution in [0.5, 0.6) is 0 Å². The maximum absolute atomic E-state index is 6.15. The fraction of sp³-hybridized carbons (Fsp3) is 0.500. The average Bonchev–Trinajstić information content (AvgIpc) is 2.53. The smallest absolute Gasteiger partial charge is 0.0440 e. The lowest BCUT2D eigenvalue weighted by atomic mass is 9.97. The van der Waals surface area contributed by atoms with Gasteiger partial charge in [0.1, 0.15) is 0 Å². The third kappa shape index (κ3) is 1.88. The third-order valence-electron chi connectivity index (χ3n) is 3.04. The van der Waals surface area contributed by atoms with Crippen molar-refractivity contribution in [2.45, 2.75) is 32.1 Å². The van der Waals surface area contributed by atoms with Crippen molar-refractivity contribution in [2.24, 2.45) is 5.92 Å². The zero-order valence-corrected chi connectivity index (χ0v) is 8.72. The molecule has 0 saturated heterocycles. The normalized spacial score (nSPS) is 27.8. The SMILES string of the molecule is C[C@@H]1CC[C@@H](c2ccccc2Cl)C1. The Hall–Kier alpha value is -0.490. The van der Waals surface area contributed by atoms with E-state index in [2.05, 4.69) is 19.1 Å². The van der Waals surface area contributed by atoms with Gasteiger partial charge in [-0.2, -0.15) is 0 Å². The van der Waals surface area contributed by atoms with Crippen LogP contribution in [0.1, 0.15) is 37.7 Å². The summed E-state index contributed by atoms with van der Waals surface area (Å²) >= 11 is 6.15. The van der Waals surface area contributed by atoms with E-state index in [1.165, 1.54) is 24.8 Å². The Balaban J connectivity index is 2.21. The topological polar surface area (TPSA) is 0 Å². The predicted molar refractivity (Wildman–Crippen MR) is 57.2 cm³/mol. The molecule has 0 nitrogen and oxygen atoms in total. The largest absolute Gasteiger partial charge is 0.0840 e. The van der Waals surface area contributed by atoms with Gasteiger partial charge in [-0.25, -0.2) is 0 Å². The molecule has 2 rings (SSSR count). The van der Waals surface area contributed by atoms with Gasteiger partial charge < -0.3 is 0 Å². The second-order valence-corrected chi connectivity index (χ2v) is 4.54. The Kier molecular flexibility index (Phi) is 2.59. The Labute approximate surface area is 84.9 Å². The lowest BCUT2D eigenvalue weighted by Gasteiger charge is -2.11. The standard InChI is InChI=1S/C12H15Cl/c1-9-6-7-10(8-9)11-4-2-3-5-12(11)13/h2-5,9-10H,6-8H2,1H3/t9-,10-/m1/s1. The highest BCUT2D eigenvalue weighted by Gasteiger charge is 2.23. The van der Waals surface area contributed by atoms with Crippen LogP contribution in [0.3, 0.4) is 0 Å². The van der Waals surface area contributed by atoms with Crippen LogP contribution in [-0.2, 0) is 0 Å². The van der Waals surface area contributed by atoms with E-state index in [1.54, 1.807) is 0 Å². The maximum Gasteiger partial charge on any atom is 0.0440 e. The van der Waals surface area contributed by atoms with Crippen molar-refractivity contribution in [2.75, 3.05) is 0 Å². The first-order chi connectivity index (χ1) is 6.27. The van der Waals surface area contributed by atoms with Gasteiger partial charge >= 0.3 is 0 Å². The van der Waals surface area contributed by atoms with Crippen LogP contribution < -0.4 is 0 Å². The summed E-state index contributed by atoms with van der Waals surface area (Å²) in [5.41, 5.74) is 1.36. The average molecular weight is 195 g/mol. The summed E-state index contributed by atoms with van der Waals surface area (Å²) < 4.78 is 0. The molecule has 1 aliphatic carbocycles. The number of halogens is 1. The van der Waals surface area contributed by atoms with Crippen LogP contribution in [0.2, 0.25) is 5.02 Å². The Morgan fingerprint density at radius 2 is 2.00 bits per heavy atom. The molecular formula is C12H15Cl. The van der Waals surface area contributed by atoms with E-state index in [1.807, 2.05) is 12.1 Å². The summed E-state index contributed by atoms with van der Waals surface area (Å²) in [5.74, 6) is 1.59. The Bertz CT molecular complexity index is 293. The van der Waals surface area contributed by atoms with Crippen molar-refractivity contribution in [1.82, 2.24) is 0 Å². The molecule has 1 saturated carbocycles. The summed E-state index contributed by atoms with van der Waals surface area (Å²) in [5, 5.41) is 0.946. The molecule has 1 aliphatic rings. The molecule has 0 amide bonds. The molecule has 0 radical (unpaired) electrons. The van der Waals surface area contributed by atoms with Crippen molar-refractivity contribution >= 4 is 11.6 Å². The predicted octanol–water partition coefficient (Wildman–Crippen LogP) is 4.24. The highest BCUT2D eigenvalue weighted by Crippen LogP contribution is 2.40. The molecular weight excluding hydrogens is 180 g/mol. The van der Waals surface area contributed by atoms with E-state index in [0.29, 0.717) is 5.92 Å². The van der Waals surface area contributed by atoms with E-state index in [-0.39, 0.29) is 0 Å². The summed E-state index contributed by atoms with van der Waals surface area (Å²) in [6.07, 6.45) is 3.98. The van der Waals surface area contributed by atoms with Crippen LogP contribution in [0, 0.1) is 5.92 Å². The lowest BCUT2D eigenvalue weighted by Crippen LogP contribution is -1.93. The molecule has 2 atom stereocenters. The van der Waals surface area contributed by atoms with E-state index < -0.39 is 0 Å². The molecule has 0 heterocycles. The van der Waals surface area contributed by atoms with Gasteiger partial charge in [0, 0.05) is 5.02 Å². The van der Waals surface area contributed by atoms with Crippen LogP contribution >= 0.6 is 11.6 Å². The molecule has 0 N–H and O–H groups in total. The first kappa shape index (κ1) is 9.08. The molecule has 1 heteroatoms. The molecule has 1 aromatic carbocycles. The molecule has 1 fully saturated rings. The van der Waals surface area contributed by atoms with Crippen LogP contribution in [-0.4, -0.2) is 0 Å². The first-order valence-corrected chi connectivity index (χ1v) is 5.39. The second-order valence-electron chi connectivity index (χ2n) is 4.14. The summed E-state index contributed by atoms with van der Waals surface area (Å²) in [6, 6.07) is 8.26. The van der Waals surface area contributed by atoms with E-state index in [4.69, 9.17) is 11.6 Å². The summed E-state index contributed by atoms with van der Waals surface area (Å²) in [7, 11) is 0. The minimum Gasteiger partial charge on any atom is -0.0840 e. The Morgan fingerprint density at radius 1 is 1.23 bits per heavy atom. The highest BCUT2D eigenvalue weighted by molar-refractivity contribution is 6.31. The monoisotopic (exact) mass is 194 g/mol. The minimum absolute atomic E-state index is 0.712. The van der Waals surface area contributed by atoms with Crippen LogP contribution in [0.25, 0.3) is 0 Å². The molecule has 0 unspecified atom stereocenters. The fourth-order valence-electron chi connectivity index (χ4n) is 2.30. The van der Waals surface area contributed by atoms with Gasteiger partial charge in [-0.3, -0.25) is 0 Å². The zero-order valence-electron chi connectivity index (χ0n) is 7.96. The maximum atomic E-state index is 6.15. The minimum atomic E-state index is 0.712. The first-order valence-electron chi connectivity index (χ1n) is 5.02. The van der Waals surface area contributed by atoms with Crippen LogP contribution in [0.4, 0.5) is 0 Å². The summed E-state index contributed by atoms with van der Waals surface area (Å²) in [4.78, 5) is 0. The van der Waals surface area contributed by atoms with Crippen molar-refractivity contribution in [1.29, 1.82) is 0 Å². The molecule has 0 aromatic heterocycles.